The van der Waals surface area contributed by atoms with Crippen LogP contribution in [-0.4, -0.2) is 33.6 Å². The topological polar surface area (TPSA) is 105 Å². The fourth-order valence-corrected chi connectivity index (χ4v) is 3.63. The minimum Gasteiger partial charge on any atom is -0.366 e. The van der Waals surface area contributed by atoms with Crippen molar-refractivity contribution in [2.75, 3.05) is 5.32 Å². The number of nitrogens with zero attached hydrogens (tertiary/aromatic N) is 2. The Hall–Kier alpha value is -3.22. The second-order valence-corrected chi connectivity index (χ2v) is 7.21. The van der Waals surface area contributed by atoms with E-state index < -0.39 is 17.7 Å². The average Bonchev–Trinajstić information content (AvgIpc) is 2.70. The maximum atomic E-state index is 13.1. The number of pyridine rings is 1. The third-order valence-electron chi connectivity index (χ3n) is 5.39. The molecular formula is C21H24N4O3. The van der Waals surface area contributed by atoms with Crippen molar-refractivity contribution in [3.05, 3.63) is 59.9 Å². The largest absolute Gasteiger partial charge is 0.366 e. The van der Waals surface area contributed by atoms with Crippen LogP contribution in [0.4, 0.5) is 5.69 Å². The zero-order chi connectivity index (χ0) is 20.3. The molecule has 7 nitrogen and oxygen atoms in total. The van der Waals surface area contributed by atoms with E-state index in [0.29, 0.717) is 0 Å². The number of nitrogens with one attached hydrogen (secondary N) is 1. The molecule has 3 rings (SSSR count). The molecule has 2 heterocycles. The Morgan fingerprint density at radius 1 is 1.11 bits per heavy atom. The highest BCUT2D eigenvalue weighted by molar-refractivity contribution is 6.39. The van der Waals surface area contributed by atoms with Crippen molar-refractivity contribution in [3.8, 4) is 0 Å². The van der Waals surface area contributed by atoms with Crippen LogP contribution in [0.25, 0.3) is 0 Å². The summed E-state index contributed by atoms with van der Waals surface area (Å²) in [4.78, 5) is 42.6. The van der Waals surface area contributed by atoms with Crippen LogP contribution in [0.5, 0.6) is 0 Å². The maximum Gasteiger partial charge on any atom is 0.313 e. The molecule has 0 aliphatic carbocycles. The van der Waals surface area contributed by atoms with Gasteiger partial charge in [0, 0.05) is 12.2 Å². The van der Waals surface area contributed by atoms with Gasteiger partial charge in [0.1, 0.15) is 0 Å². The van der Waals surface area contributed by atoms with Gasteiger partial charge in [0.2, 0.25) is 5.91 Å². The van der Waals surface area contributed by atoms with E-state index in [2.05, 4.69) is 17.2 Å². The first-order valence-corrected chi connectivity index (χ1v) is 9.32. The molecule has 0 unspecified atom stereocenters. The molecule has 0 bridgehead atoms. The summed E-state index contributed by atoms with van der Waals surface area (Å²) in [5.41, 5.74) is 6.67. The van der Waals surface area contributed by atoms with Crippen LogP contribution in [0.1, 0.15) is 48.7 Å². The Labute approximate surface area is 163 Å². The van der Waals surface area contributed by atoms with Crippen LogP contribution in [0, 0.1) is 5.92 Å². The van der Waals surface area contributed by atoms with Crippen LogP contribution in [0.3, 0.4) is 0 Å². The molecule has 2 aromatic rings. The zero-order valence-electron chi connectivity index (χ0n) is 16.0. The lowest BCUT2D eigenvalue weighted by atomic mass is 9.84. The number of hydrogen-bond acceptors (Lipinski definition) is 4. The molecule has 146 valence electrons. The highest BCUT2D eigenvalue weighted by atomic mass is 16.2. The summed E-state index contributed by atoms with van der Waals surface area (Å²) in [6.45, 7) is 4.06. The van der Waals surface area contributed by atoms with Gasteiger partial charge in [-0.25, -0.2) is 0 Å². The average molecular weight is 380 g/mol. The van der Waals surface area contributed by atoms with Gasteiger partial charge >= 0.3 is 11.8 Å². The van der Waals surface area contributed by atoms with E-state index in [1.165, 1.54) is 18.5 Å². The van der Waals surface area contributed by atoms with E-state index in [1.54, 1.807) is 4.90 Å². The summed E-state index contributed by atoms with van der Waals surface area (Å²) < 4.78 is 0. The van der Waals surface area contributed by atoms with Gasteiger partial charge in [-0.2, -0.15) is 0 Å². The van der Waals surface area contributed by atoms with Crippen LogP contribution in [0.2, 0.25) is 0 Å². The number of carbonyl (C=O) groups is 3. The Morgan fingerprint density at radius 3 is 2.50 bits per heavy atom. The molecule has 1 aromatic heterocycles. The molecule has 0 saturated carbocycles. The molecule has 1 aromatic carbocycles. The molecule has 0 radical (unpaired) electrons. The number of rotatable bonds is 3. The molecule has 3 atom stereocenters. The molecule has 1 fully saturated rings. The van der Waals surface area contributed by atoms with Crippen molar-refractivity contribution in [1.29, 1.82) is 0 Å². The standard InChI is InChI=1S/C21H24N4O3/c1-13-8-9-18(15-6-4-3-5-7-15)25(14(13)2)21(28)20(27)24-17-10-16(19(22)26)11-23-12-17/h3-7,10-14,18H,8-9H2,1-2H3,(H2,22,26)(H,24,27)/t13-,14-,18-/m1/s1. The van der Waals surface area contributed by atoms with Gasteiger partial charge < -0.3 is 16.0 Å². The monoisotopic (exact) mass is 380 g/mol. The van der Waals surface area contributed by atoms with Crippen LogP contribution in [-0.2, 0) is 9.59 Å². The van der Waals surface area contributed by atoms with Gasteiger partial charge in [-0.15, -0.1) is 0 Å². The number of anilines is 1. The number of aromatic nitrogens is 1. The lowest BCUT2D eigenvalue weighted by Gasteiger charge is -2.44. The van der Waals surface area contributed by atoms with E-state index in [-0.39, 0.29) is 29.3 Å². The van der Waals surface area contributed by atoms with E-state index in [1.807, 2.05) is 37.3 Å². The minimum atomic E-state index is -0.759. The minimum absolute atomic E-state index is 0.0766. The molecule has 3 N–H and O–H groups in total. The van der Waals surface area contributed by atoms with Crippen LogP contribution < -0.4 is 11.1 Å². The summed E-state index contributed by atoms with van der Waals surface area (Å²) in [6.07, 6.45) is 4.46. The quantitative estimate of drug-likeness (QED) is 0.798. The zero-order valence-corrected chi connectivity index (χ0v) is 16.0. The van der Waals surface area contributed by atoms with E-state index in [0.717, 1.165) is 18.4 Å². The first kappa shape index (κ1) is 19.5. The van der Waals surface area contributed by atoms with Crippen molar-refractivity contribution >= 4 is 23.4 Å². The summed E-state index contributed by atoms with van der Waals surface area (Å²) >= 11 is 0. The fourth-order valence-electron chi connectivity index (χ4n) is 3.63. The second-order valence-electron chi connectivity index (χ2n) is 7.21. The SMILES string of the molecule is C[C@@H]1CC[C@H](c2ccccc2)N(C(=O)C(=O)Nc2cncc(C(N)=O)c2)[C@@H]1C. The third kappa shape index (κ3) is 4.03. The molecule has 7 heteroatoms. The molecule has 3 amide bonds. The maximum absolute atomic E-state index is 13.1. The lowest BCUT2D eigenvalue weighted by molar-refractivity contribution is -0.149. The number of nitrogens with two attached hydrogens (primary N) is 1. The van der Waals surface area contributed by atoms with Gasteiger partial charge in [-0.3, -0.25) is 19.4 Å². The molecule has 1 aliphatic heterocycles. The predicted octanol–water partition coefficient (Wildman–Crippen LogP) is 2.51. The van der Waals surface area contributed by atoms with Crippen molar-refractivity contribution in [3.63, 3.8) is 0 Å². The first-order valence-electron chi connectivity index (χ1n) is 9.32. The number of hydrogen-bond donors (Lipinski definition) is 2. The summed E-state index contributed by atoms with van der Waals surface area (Å²) in [6, 6.07) is 10.9. The number of likely N-dealkylation sites (tertiary alicyclic amines) is 1. The number of primary amides is 1. The number of benzene rings is 1. The normalized spacial score (nSPS) is 21.8. The highest BCUT2D eigenvalue weighted by Gasteiger charge is 2.38. The van der Waals surface area contributed by atoms with Gasteiger partial charge in [0.05, 0.1) is 23.5 Å². The molecular weight excluding hydrogens is 356 g/mol. The number of piperidine rings is 1. The Balaban J connectivity index is 1.83. The molecule has 0 spiro atoms. The van der Waals surface area contributed by atoms with Gasteiger partial charge in [-0.05, 0) is 37.3 Å². The Kier molecular flexibility index (Phi) is 5.73. The fraction of sp³-hybridized carbons (Fsp3) is 0.333. The molecule has 1 aliphatic rings. The Bertz CT molecular complexity index is 884. The Morgan fingerprint density at radius 2 is 1.82 bits per heavy atom. The predicted molar refractivity (Wildman–Crippen MR) is 105 cm³/mol. The van der Waals surface area contributed by atoms with E-state index in [9.17, 15) is 14.4 Å². The van der Waals surface area contributed by atoms with E-state index >= 15 is 0 Å². The summed E-state index contributed by atoms with van der Waals surface area (Å²) in [7, 11) is 0. The van der Waals surface area contributed by atoms with Crippen LogP contribution >= 0.6 is 0 Å². The van der Waals surface area contributed by atoms with Gasteiger partial charge in [0.15, 0.2) is 0 Å². The van der Waals surface area contributed by atoms with Crippen molar-refractivity contribution in [2.24, 2.45) is 11.7 Å². The van der Waals surface area contributed by atoms with Crippen molar-refractivity contribution in [1.82, 2.24) is 9.88 Å². The summed E-state index contributed by atoms with van der Waals surface area (Å²) in [5.74, 6) is -1.73. The second kappa shape index (κ2) is 8.21. The van der Waals surface area contributed by atoms with Crippen molar-refractivity contribution in [2.45, 2.75) is 38.8 Å². The van der Waals surface area contributed by atoms with Crippen LogP contribution in [0.15, 0.2) is 48.8 Å². The lowest BCUT2D eigenvalue weighted by Crippen LogP contribution is -2.51. The number of amides is 3. The highest BCUT2D eigenvalue weighted by Crippen LogP contribution is 2.37. The first-order chi connectivity index (χ1) is 13.4. The van der Waals surface area contributed by atoms with Gasteiger partial charge in [-0.1, -0.05) is 37.3 Å². The van der Waals surface area contributed by atoms with Crippen molar-refractivity contribution < 1.29 is 14.4 Å². The van der Waals surface area contributed by atoms with E-state index in [4.69, 9.17) is 5.73 Å². The summed E-state index contributed by atoms with van der Waals surface area (Å²) in [5, 5.41) is 2.54. The van der Waals surface area contributed by atoms with Gasteiger partial charge in [0.25, 0.3) is 0 Å². The smallest absolute Gasteiger partial charge is 0.313 e. The molecule has 1 saturated heterocycles. The third-order valence-corrected chi connectivity index (χ3v) is 5.39. The number of carbonyl (C=O) groups excluding carboxylic acids is 3. The molecule has 28 heavy (non-hydrogen) atoms.